The van der Waals surface area contributed by atoms with Crippen molar-refractivity contribution in [1.82, 2.24) is 0 Å². The van der Waals surface area contributed by atoms with Gasteiger partial charge in [-0.25, -0.2) is 0 Å². The molecule has 0 bridgehead atoms. The molecule has 24 heavy (non-hydrogen) atoms. The molecule has 4 nitrogen and oxygen atoms in total. The monoisotopic (exact) mass is 330 g/mol. The summed E-state index contributed by atoms with van der Waals surface area (Å²) in [5, 5.41) is 10.5. The van der Waals surface area contributed by atoms with E-state index < -0.39 is 11.9 Å². The molecule has 2 saturated carbocycles. The van der Waals surface area contributed by atoms with E-state index in [1.807, 2.05) is 0 Å². The SMILES string of the molecule is Cc1ccc(CCC(=O)[C@@H]2C[C@H]3[C@@H](CC34OCCO4)C2O)c(C)c1. The summed E-state index contributed by atoms with van der Waals surface area (Å²) < 4.78 is 11.6. The second-order valence-electron chi connectivity index (χ2n) is 7.71. The molecule has 1 saturated heterocycles. The minimum Gasteiger partial charge on any atom is -0.392 e. The van der Waals surface area contributed by atoms with Gasteiger partial charge >= 0.3 is 0 Å². The van der Waals surface area contributed by atoms with Gasteiger partial charge in [-0.05, 0) is 43.7 Å². The molecule has 3 fully saturated rings. The van der Waals surface area contributed by atoms with Gasteiger partial charge in [-0.1, -0.05) is 23.8 Å². The molecule has 1 spiro atoms. The van der Waals surface area contributed by atoms with E-state index in [4.69, 9.17) is 9.47 Å². The van der Waals surface area contributed by atoms with E-state index in [0.717, 1.165) is 12.8 Å². The summed E-state index contributed by atoms with van der Waals surface area (Å²) >= 11 is 0. The number of aryl methyl sites for hydroxylation is 3. The first-order valence-corrected chi connectivity index (χ1v) is 9.05. The molecule has 2 aliphatic carbocycles. The average molecular weight is 330 g/mol. The largest absolute Gasteiger partial charge is 0.392 e. The fraction of sp³-hybridized carbons (Fsp3) is 0.650. The van der Waals surface area contributed by atoms with Gasteiger partial charge in [0.25, 0.3) is 0 Å². The van der Waals surface area contributed by atoms with Crippen LogP contribution >= 0.6 is 0 Å². The molecule has 1 aliphatic heterocycles. The lowest BCUT2D eigenvalue weighted by molar-refractivity contribution is -0.275. The van der Waals surface area contributed by atoms with Gasteiger partial charge in [0.1, 0.15) is 5.78 Å². The van der Waals surface area contributed by atoms with Crippen LogP contribution < -0.4 is 0 Å². The van der Waals surface area contributed by atoms with Crippen molar-refractivity contribution < 1.29 is 19.4 Å². The first-order valence-electron chi connectivity index (χ1n) is 9.05. The summed E-state index contributed by atoms with van der Waals surface area (Å²) in [4.78, 5) is 12.7. The maximum absolute atomic E-state index is 12.7. The Hall–Kier alpha value is -1.23. The molecule has 1 heterocycles. The summed E-state index contributed by atoms with van der Waals surface area (Å²) in [5.74, 6) is -0.208. The van der Waals surface area contributed by atoms with Gasteiger partial charge in [0.2, 0.25) is 0 Å². The molecule has 3 aliphatic rings. The number of hydrogen-bond acceptors (Lipinski definition) is 4. The van der Waals surface area contributed by atoms with Crippen LogP contribution in [-0.2, 0) is 20.7 Å². The van der Waals surface area contributed by atoms with Crippen LogP contribution in [0.1, 0.15) is 36.0 Å². The first kappa shape index (κ1) is 16.2. The van der Waals surface area contributed by atoms with E-state index >= 15 is 0 Å². The fourth-order valence-corrected chi connectivity index (χ4v) is 4.91. The van der Waals surface area contributed by atoms with E-state index in [-0.39, 0.29) is 23.5 Å². The van der Waals surface area contributed by atoms with Crippen molar-refractivity contribution in [3.05, 3.63) is 34.9 Å². The Morgan fingerprint density at radius 3 is 2.75 bits per heavy atom. The molecular formula is C20H26O4. The van der Waals surface area contributed by atoms with Crippen LogP contribution in [0.5, 0.6) is 0 Å². The number of ketones is 1. The minimum absolute atomic E-state index is 0.165. The third-order valence-corrected chi connectivity index (χ3v) is 6.29. The zero-order valence-corrected chi connectivity index (χ0v) is 14.5. The van der Waals surface area contributed by atoms with Crippen LogP contribution in [0, 0.1) is 31.6 Å². The number of Topliss-reactive ketones (excluding diaryl/α,β-unsaturated/α-hetero) is 1. The number of hydrogen-bond donors (Lipinski definition) is 1. The van der Waals surface area contributed by atoms with Crippen molar-refractivity contribution in [1.29, 1.82) is 0 Å². The Kier molecular flexibility index (Phi) is 4.02. The highest BCUT2D eigenvalue weighted by Crippen LogP contribution is 2.59. The van der Waals surface area contributed by atoms with Crippen LogP contribution in [0.15, 0.2) is 18.2 Å². The maximum atomic E-state index is 12.7. The molecule has 130 valence electrons. The predicted octanol–water partition coefficient (Wildman–Crippen LogP) is 2.57. The molecular weight excluding hydrogens is 304 g/mol. The summed E-state index contributed by atoms with van der Waals surface area (Å²) in [6.45, 7) is 5.43. The number of fused-ring (bicyclic) bond motifs is 2. The lowest BCUT2D eigenvalue weighted by atomic mass is 9.69. The van der Waals surface area contributed by atoms with Crippen molar-refractivity contribution in [3.8, 4) is 0 Å². The van der Waals surface area contributed by atoms with Crippen molar-refractivity contribution >= 4 is 5.78 Å². The highest BCUT2D eigenvalue weighted by atomic mass is 16.7. The zero-order chi connectivity index (χ0) is 16.9. The van der Waals surface area contributed by atoms with Crippen molar-refractivity contribution in [3.63, 3.8) is 0 Å². The van der Waals surface area contributed by atoms with E-state index in [1.54, 1.807) is 0 Å². The van der Waals surface area contributed by atoms with Crippen molar-refractivity contribution in [2.75, 3.05) is 13.2 Å². The van der Waals surface area contributed by atoms with Crippen LogP contribution in [0.3, 0.4) is 0 Å². The average Bonchev–Trinajstić information content (AvgIpc) is 3.12. The number of benzene rings is 1. The number of aliphatic hydroxyl groups excluding tert-OH is 1. The number of carbonyl (C=O) groups excluding carboxylic acids is 1. The molecule has 4 rings (SSSR count). The summed E-state index contributed by atoms with van der Waals surface area (Å²) in [6.07, 6.45) is 2.17. The number of ether oxygens (including phenoxy) is 2. The predicted molar refractivity (Wildman–Crippen MR) is 89.6 cm³/mol. The van der Waals surface area contributed by atoms with Gasteiger partial charge < -0.3 is 14.6 Å². The van der Waals surface area contributed by atoms with Gasteiger partial charge in [0, 0.05) is 24.7 Å². The quantitative estimate of drug-likeness (QED) is 0.922. The van der Waals surface area contributed by atoms with Gasteiger partial charge in [0.05, 0.1) is 19.3 Å². The topological polar surface area (TPSA) is 55.8 Å². The number of rotatable bonds is 4. The molecule has 4 atom stereocenters. The summed E-state index contributed by atoms with van der Waals surface area (Å²) in [6, 6.07) is 6.36. The molecule has 0 amide bonds. The third-order valence-electron chi connectivity index (χ3n) is 6.29. The van der Waals surface area contributed by atoms with Crippen LogP contribution in [0.4, 0.5) is 0 Å². The normalized spacial score (nSPS) is 33.5. The maximum Gasteiger partial charge on any atom is 0.172 e. The second kappa shape index (κ2) is 5.94. The van der Waals surface area contributed by atoms with Crippen molar-refractivity contribution in [2.45, 2.75) is 51.4 Å². The molecule has 1 N–H and O–H groups in total. The zero-order valence-electron chi connectivity index (χ0n) is 14.5. The Morgan fingerprint density at radius 2 is 2.04 bits per heavy atom. The third kappa shape index (κ3) is 2.52. The van der Waals surface area contributed by atoms with E-state index in [2.05, 4.69) is 32.0 Å². The van der Waals surface area contributed by atoms with Crippen molar-refractivity contribution in [2.24, 2.45) is 17.8 Å². The van der Waals surface area contributed by atoms with E-state index in [0.29, 0.717) is 26.1 Å². The second-order valence-corrected chi connectivity index (χ2v) is 7.71. The molecule has 1 unspecified atom stereocenters. The Morgan fingerprint density at radius 1 is 1.29 bits per heavy atom. The fourth-order valence-electron chi connectivity index (χ4n) is 4.91. The number of carbonyl (C=O) groups is 1. The van der Waals surface area contributed by atoms with Gasteiger partial charge in [0.15, 0.2) is 5.79 Å². The minimum atomic E-state index is -0.528. The highest BCUT2D eigenvalue weighted by Gasteiger charge is 2.65. The Balaban J connectivity index is 1.38. The molecule has 1 aromatic carbocycles. The molecule has 0 radical (unpaired) electrons. The van der Waals surface area contributed by atoms with E-state index in [1.165, 1.54) is 16.7 Å². The van der Waals surface area contributed by atoms with Crippen LogP contribution in [-0.4, -0.2) is 36.0 Å². The Bertz CT molecular complexity index is 647. The van der Waals surface area contributed by atoms with Gasteiger partial charge in [-0.2, -0.15) is 0 Å². The summed E-state index contributed by atoms with van der Waals surface area (Å²) in [5.41, 5.74) is 3.71. The molecule has 0 aromatic heterocycles. The lowest BCUT2D eigenvalue weighted by Gasteiger charge is -2.48. The van der Waals surface area contributed by atoms with Crippen LogP contribution in [0.2, 0.25) is 0 Å². The van der Waals surface area contributed by atoms with Crippen LogP contribution in [0.25, 0.3) is 0 Å². The molecule has 1 aromatic rings. The molecule has 4 heteroatoms. The standard InChI is InChI=1S/C20H26O4/c1-12-3-4-14(13(2)9-12)5-6-18(21)15-10-17-16(19(15)22)11-20(17)23-7-8-24-20/h3-4,9,15-17,19,22H,5-8,10-11H2,1-2H3/t15-,16+,17-,19?/m0/s1. The number of aliphatic hydroxyl groups is 1. The van der Waals surface area contributed by atoms with Gasteiger partial charge in [-0.3, -0.25) is 4.79 Å². The first-order chi connectivity index (χ1) is 11.5. The van der Waals surface area contributed by atoms with Gasteiger partial charge in [-0.15, -0.1) is 0 Å². The smallest absolute Gasteiger partial charge is 0.172 e. The van der Waals surface area contributed by atoms with E-state index in [9.17, 15) is 9.90 Å². The lowest BCUT2D eigenvalue weighted by Crippen LogP contribution is -2.54. The Labute approximate surface area is 143 Å². The summed E-state index contributed by atoms with van der Waals surface area (Å²) in [7, 11) is 0. The highest BCUT2D eigenvalue weighted by molar-refractivity contribution is 5.82.